The summed E-state index contributed by atoms with van der Waals surface area (Å²) in [7, 11) is 0. The molecule has 1 amide bonds. The Hall–Kier alpha value is -1.59. The first-order valence-corrected chi connectivity index (χ1v) is 7.89. The first-order valence-electron chi connectivity index (χ1n) is 7.89. The lowest BCUT2D eigenvalue weighted by molar-refractivity contribution is -0.133. The highest BCUT2D eigenvalue weighted by Crippen LogP contribution is 2.20. The van der Waals surface area contributed by atoms with E-state index in [1.165, 1.54) is 13.3 Å². The van der Waals surface area contributed by atoms with E-state index in [4.69, 9.17) is 4.74 Å². The van der Waals surface area contributed by atoms with Crippen LogP contribution >= 0.6 is 12.4 Å². The van der Waals surface area contributed by atoms with Crippen molar-refractivity contribution in [3.63, 3.8) is 0 Å². The summed E-state index contributed by atoms with van der Waals surface area (Å²) in [5.41, 5.74) is 0.598. The number of likely N-dealkylation sites (tertiary alicyclic amines) is 1. The van der Waals surface area contributed by atoms with E-state index >= 15 is 0 Å². The molecule has 2 unspecified atom stereocenters. The van der Waals surface area contributed by atoms with Crippen molar-refractivity contribution >= 4 is 24.1 Å². The first kappa shape index (κ1) is 17.8. The fourth-order valence-corrected chi connectivity index (χ4v) is 3.21. The average molecular weight is 339 g/mol. The van der Waals surface area contributed by atoms with Gasteiger partial charge in [0, 0.05) is 30.7 Å². The fourth-order valence-electron chi connectivity index (χ4n) is 3.21. The van der Waals surface area contributed by atoms with Crippen LogP contribution in [0.3, 0.4) is 0 Å². The minimum absolute atomic E-state index is 0. The van der Waals surface area contributed by atoms with Crippen LogP contribution in [0.4, 0.5) is 0 Å². The second kappa shape index (κ2) is 7.79. The smallest absolute Gasteiger partial charge is 0.260 e. The number of carbonyl (C=O) groups is 2. The van der Waals surface area contributed by atoms with Gasteiger partial charge in [0.1, 0.15) is 5.75 Å². The molecule has 2 bridgehead atoms. The van der Waals surface area contributed by atoms with Crippen LogP contribution in [-0.2, 0) is 4.79 Å². The molecule has 0 saturated carbocycles. The first-order chi connectivity index (χ1) is 10.6. The number of nitrogens with one attached hydrogen (secondary N) is 1. The zero-order valence-corrected chi connectivity index (χ0v) is 14.1. The molecular formula is C17H23ClN2O3. The molecule has 0 radical (unpaired) electrons. The molecule has 126 valence electrons. The molecule has 2 saturated heterocycles. The van der Waals surface area contributed by atoms with Crippen molar-refractivity contribution in [2.75, 3.05) is 19.7 Å². The van der Waals surface area contributed by atoms with Gasteiger partial charge in [0.15, 0.2) is 12.4 Å². The van der Waals surface area contributed by atoms with E-state index in [1.54, 1.807) is 24.3 Å². The number of nitrogens with zero attached hydrogens (tertiary/aromatic N) is 1. The van der Waals surface area contributed by atoms with Crippen molar-refractivity contribution in [2.45, 2.75) is 38.3 Å². The molecule has 1 N–H and O–H groups in total. The Kier molecular flexibility index (Phi) is 6.02. The third kappa shape index (κ3) is 4.45. The largest absolute Gasteiger partial charge is 0.484 e. The van der Waals surface area contributed by atoms with Crippen LogP contribution in [-0.4, -0.2) is 48.4 Å². The van der Waals surface area contributed by atoms with Gasteiger partial charge in [-0.15, -0.1) is 12.4 Å². The lowest BCUT2D eigenvalue weighted by Crippen LogP contribution is -2.41. The molecule has 2 fully saturated rings. The summed E-state index contributed by atoms with van der Waals surface area (Å²) in [4.78, 5) is 25.6. The van der Waals surface area contributed by atoms with Gasteiger partial charge in [0.2, 0.25) is 0 Å². The molecule has 23 heavy (non-hydrogen) atoms. The summed E-state index contributed by atoms with van der Waals surface area (Å²) < 4.78 is 5.57. The monoisotopic (exact) mass is 338 g/mol. The van der Waals surface area contributed by atoms with Crippen molar-refractivity contribution in [3.8, 4) is 5.75 Å². The number of Topliss-reactive ketones (excluding diaryl/α,β-unsaturated/α-hetero) is 1. The quantitative estimate of drug-likeness (QED) is 0.854. The van der Waals surface area contributed by atoms with Gasteiger partial charge in [0.25, 0.3) is 5.91 Å². The summed E-state index contributed by atoms with van der Waals surface area (Å²) in [6.45, 7) is 3.11. The number of rotatable bonds is 4. The number of carbonyl (C=O) groups excluding carboxylic acids is 2. The number of benzene rings is 1. The molecule has 2 heterocycles. The van der Waals surface area contributed by atoms with Crippen LogP contribution < -0.4 is 10.1 Å². The predicted molar refractivity (Wildman–Crippen MR) is 90.3 cm³/mol. The highest BCUT2D eigenvalue weighted by atomic mass is 35.5. The zero-order chi connectivity index (χ0) is 15.5. The maximum absolute atomic E-state index is 12.3. The Labute approximate surface area is 142 Å². The van der Waals surface area contributed by atoms with Crippen LogP contribution in [0, 0.1) is 0 Å². The molecule has 6 heteroatoms. The number of amides is 1. The molecule has 0 aromatic heterocycles. The van der Waals surface area contributed by atoms with E-state index in [1.807, 2.05) is 4.90 Å². The third-order valence-electron chi connectivity index (χ3n) is 4.48. The van der Waals surface area contributed by atoms with Crippen LogP contribution in [0.1, 0.15) is 36.5 Å². The van der Waals surface area contributed by atoms with Gasteiger partial charge in [-0.1, -0.05) is 12.1 Å². The Morgan fingerprint density at radius 2 is 2.04 bits per heavy atom. The summed E-state index contributed by atoms with van der Waals surface area (Å²) in [5.74, 6) is 0.574. The average Bonchev–Trinajstić information content (AvgIpc) is 2.84. The Balaban J connectivity index is 0.00000192. The summed E-state index contributed by atoms with van der Waals surface area (Å²) in [5, 5.41) is 3.56. The van der Waals surface area contributed by atoms with Gasteiger partial charge in [0.05, 0.1) is 0 Å². The molecule has 0 spiro atoms. The Morgan fingerprint density at radius 3 is 2.83 bits per heavy atom. The maximum atomic E-state index is 12.3. The second-order valence-corrected chi connectivity index (χ2v) is 6.14. The number of ketones is 1. The van der Waals surface area contributed by atoms with E-state index in [0.29, 0.717) is 23.4 Å². The van der Waals surface area contributed by atoms with E-state index in [0.717, 1.165) is 25.9 Å². The molecule has 3 rings (SSSR count). The van der Waals surface area contributed by atoms with Crippen molar-refractivity contribution in [1.29, 1.82) is 0 Å². The number of fused-ring (bicyclic) bond motifs is 2. The second-order valence-electron chi connectivity index (χ2n) is 6.14. The Bertz CT molecular complexity index is 579. The minimum Gasteiger partial charge on any atom is -0.484 e. The molecular weight excluding hydrogens is 316 g/mol. The van der Waals surface area contributed by atoms with Crippen molar-refractivity contribution in [1.82, 2.24) is 10.2 Å². The highest BCUT2D eigenvalue weighted by molar-refractivity contribution is 5.94. The molecule has 0 aliphatic carbocycles. The normalized spacial score (nSPS) is 22.9. The number of halogens is 1. The predicted octanol–water partition coefficient (Wildman–Crippen LogP) is 2.04. The number of hydrogen-bond donors (Lipinski definition) is 1. The number of hydrogen-bond acceptors (Lipinski definition) is 4. The van der Waals surface area contributed by atoms with Crippen LogP contribution in [0.2, 0.25) is 0 Å². The van der Waals surface area contributed by atoms with Gasteiger partial charge < -0.3 is 15.0 Å². The maximum Gasteiger partial charge on any atom is 0.260 e. The standard InChI is InChI=1S/C17H22N2O3.ClH/c1-12(20)13-3-2-4-16(9-13)22-11-17(21)19-8-7-14-5-6-15(10-19)18-14;/h2-4,9,14-15,18H,5-8,10-11H2,1H3;1H. The SMILES string of the molecule is CC(=O)c1cccc(OCC(=O)N2CCC3CCC(C2)N3)c1.Cl. The summed E-state index contributed by atoms with van der Waals surface area (Å²) in [6.07, 6.45) is 3.39. The minimum atomic E-state index is -0.00797. The lowest BCUT2D eigenvalue weighted by atomic mass is 10.1. The van der Waals surface area contributed by atoms with Crippen LogP contribution in [0.5, 0.6) is 5.75 Å². The van der Waals surface area contributed by atoms with Crippen LogP contribution in [0.25, 0.3) is 0 Å². The number of ether oxygens (including phenoxy) is 1. The van der Waals surface area contributed by atoms with Crippen LogP contribution in [0.15, 0.2) is 24.3 Å². The molecule has 5 nitrogen and oxygen atoms in total. The molecule has 2 aliphatic rings. The van der Waals surface area contributed by atoms with E-state index in [-0.39, 0.29) is 30.7 Å². The topological polar surface area (TPSA) is 58.6 Å². The van der Waals surface area contributed by atoms with Gasteiger partial charge in [-0.3, -0.25) is 9.59 Å². The fraction of sp³-hybridized carbons (Fsp3) is 0.529. The third-order valence-corrected chi connectivity index (χ3v) is 4.48. The highest BCUT2D eigenvalue weighted by Gasteiger charge is 2.31. The van der Waals surface area contributed by atoms with Crippen molar-refractivity contribution in [3.05, 3.63) is 29.8 Å². The van der Waals surface area contributed by atoms with Crippen molar-refractivity contribution in [2.24, 2.45) is 0 Å². The molecule has 2 atom stereocenters. The summed E-state index contributed by atoms with van der Waals surface area (Å²) in [6, 6.07) is 7.96. The van der Waals surface area contributed by atoms with Gasteiger partial charge >= 0.3 is 0 Å². The van der Waals surface area contributed by atoms with Crippen molar-refractivity contribution < 1.29 is 14.3 Å². The lowest BCUT2D eigenvalue weighted by Gasteiger charge is -2.24. The zero-order valence-electron chi connectivity index (χ0n) is 13.3. The molecule has 1 aromatic carbocycles. The summed E-state index contributed by atoms with van der Waals surface area (Å²) >= 11 is 0. The van der Waals surface area contributed by atoms with Gasteiger partial charge in [-0.2, -0.15) is 0 Å². The Morgan fingerprint density at radius 1 is 1.26 bits per heavy atom. The van der Waals surface area contributed by atoms with E-state index in [2.05, 4.69) is 5.32 Å². The van der Waals surface area contributed by atoms with Gasteiger partial charge in [-0.25, -0.2) is 0 Å². The molecule has 2 aliphatic heterocycles. The van der Waals surface area contributed by atoms with Gasteiger partial charge in [-0.05, 0) is 38.3 Å². The van der Waals surface area contributed by atoms with E-state index in [9.17, 15) is 9.59 Å². The van der Waals surface area contributed by atoms with E-state index < -0.39 is 0 Å². The molecule has 1 aromatic rings.